The Morgan fingerprint density at radius 1 is 1.12 bits per heavy atom. The Morgan fingerprint density at radius 3 is 2.60 bits per heavy atom. The molecule has 4 rings (SSSR count). The number of fused-ring (bicyclic) bond motifs is 1. The van der Waals surface area contributed by atoms with Gasteiger partial charge in [-0.3, -0.25) is 9.59 Å². The first-order valence-corrected chi connectivity index (χ1v) is 10.2. The second-order valence-corrected chi connectivity index (χ2v) is 8.49. The monoisotopic (exact) mass is 348 g/mol. The lowest BCUT2D eigenvalue weighted by Crippen LogP contribution is -2.49. The Kier molecular flexibility index (Phi) is 5.00. The number of hydrogen-bond acceptors (Lipinski definition) is 4. The van der Waals surface area contributed by atoms with Crippen molar-refractivity contribution in [3.05, 3.63) is 0 Å². The predicted octanol–water partition coefficient (Wildman–Crippen LogP) is 0.437. The van der Waals surface area contributed by atoms with Gasteiger partial charge in [0.05, 0.1) is 5.41 Å². The van der Waals surface area contributed by atoms with E-state index < -0.39 is 5.41 Å². The third kappa shape index (κ3) is 3.56. The maximum atomic E-state index is 13.0. The number of nitrogens with one attached hydrogen (secondary N) is 2. The Labute approximate surface area is 150 Å². The quantitative estimate of drug-likeness (QED) is 0.757. The van der Waals surface area contributed by atoms with Gasteiger partial charge in [0.25, 0.3) is 0 Å². The van der Waals surface area contributed by atoms with Crippen molar-refractivity contribution in [1.82, 2.24) is 20.4 Å². The van der Waals surface area contributed by atoms with E-state index in [1.165, 1.54) is 25.7 Å². The molecule has 1 aliphatic carbocycles. The zero-order chi connectivity index (χ0) is 17.3. The molecule has 25 heavy (non-hydrogen) atoms. The van der Waals surface area contributed by atoms with Gasteiger partial charge in [0.15, 0.2) is 0 Å². The molecule has 0 unspecified atom stereocenters. The fraction of sp³-hybridized carbons (Fsp3) is 0.895. The van der Waals surface area contributed by atoms with Crippen molar-refractivity contribution in [2.24, 2.45) is 17.3 Å². The van der Waals surface area contributed by atoms with E-state index in [0.717, 1.165) is 52.1 Å². The summed E-state index contributed by atoms with van der Waals surface area (Å²) in [5.74, 6) is 0.956. The number of rotatable bonds is 5. The van der Waals surface area contributed by atoms with E-state index in [1.807, 2.05) is 4.90 Å². The van der Waals surface area contributed by atoms with Crippen molar-refractivity contribution in [2.45, 2.75) is 38.5 Å². The second kappa shape index (κ2) is 7.23. The molecule has 4 fully saturated rings. The van der Waals surface area contributed by atoms with Gasteiger partial charge in [0, 0.05) is 51.1 Å². The van der Waals surface area contributed by atoms with Crippen molar-refractivity contribution in [3.63, 3.8) is 0 Å². The van der Waals surface area contributed by atoms with E-state index in [0.29, 0.717) is 13.1 Å². The molecule has 3 aliphatic heterocycles. The van der Waals surface area contributed by atoms with Gasteiger partial charge in [0.1, 0.15) is 0 Å². The van der Waals surface area contributed by atoms with Crippen molar-refractivity contribution >= 4 is 11.8 Å². The van der Waals surface area contributed by atoms with E-state index in [-0.39, 0.29) is 23.7 Å². The van der Waals surface area contributed by atoms with E-state index >= 15 is 0 Å². The van der Waals surface area contributed by atoms with E-state index in [4.69, 9.17) is 0 Å². The fourth-order valence-corrected chi connectivity index (χ4v) is 4.86. The van der Waals surface area contributed by atoms with Crippen LogP contribution in [0.15, 0.2) is 0 Å². The van der Waals surface area contributed by atoms with Crippen LogP contribution in [0.3, 0.4) is 0 Å². The van der Waals surface area contributed by atoms with Crippen LogP contribution in [0.5, 0.6) is 0 Å². The molecule has 2 atom stereocenters. The highest BCUT2D eigenvalue weighted by atomic mass is 16.2. The molecule has 6 nitrogen and oxygen atoms in total. The van der Waals surface area contributed by atoms with Crippen LogP contribution in [0.4, 0.5) is 0 Å². The molecular weight excluding hydrogens is 316 g/mol. The summed E-state index contributed by atoms with van der Waals surface area (Å²) in [4.78, 5) is 29.9. The van der Waals surface area contributed by atoms with Crippen LogP contribution in [0.1, 0.15) is 38.5 Å². The summed E-state index contributed by atoms with van der Waals surface area (Å²) in [5, 5.41) is 6.59. The zero-order valence-electron chi connectivity index (χ0n) is 15.3. The first-order valence-electron chi connectivity index (χ1n) is 10.2. The van der Waals surface area contributed by atoms with Gasteiger partial charge in [-0.15, -0.1) is 0 Å². The summed E-state index contributed by atoms with van der Waals surface area (Å²) in [5.41, 5.74) is -0.399. The molecule has 0 radical (unpaired) electrons. The molecule has 0 bridgehead atoms. The van der Waals surface area contributed by atoms with Crippen molar-refractivity contribution < 1.29 is 9.59 Å². The second-order valence-electron chi connectivity index (χ2n) is 8.49. The van der Waals surface area contributed by atoms with Crippen LogP contribution in [-0.2, 0) is 9.59 Å². The molecule has 3 saturated heterocycles. The van der Waals surface area contributed by atoms with Gasteiger partial charge in [-0.1, -0.05) is 12.8 Å². The molecule has 2 amide bonds. The summed E-state index contributed by atoms with van der Waals surface area (Å²) in [6.45, 7) is 6.92. The maximum Gasteiger partial charge on any atom is 0.229 e. The maximum absolute atomic E-state index is 13.0. The molecular formula is C19H32N4O2. The van der Waals surface area contributed by atoms with Crippen LogP contribution in [-0.4, -0.2) is 74.0 Å². The first kappa shape index (κ1) is 17.3. The summed E-state index contributed by atoms with van der Waals surface area (Å²) in [6.07, 6.45) is 7.30. The molecule has 3 heterocycles. The molecule has 0 aromatic heterocycles. The van der Waals surface area contributed by atoms with Crippen LogP contribution in [0.2, 0.25) is 0 Å². The minimum atomic E-state index is -0.399. The topological polar surface area (TPSA) is 64.7 Å². The number of likely N-dealkylation sites (tertiary alicyclic amines) is 2. The Balaban J connectivity index is 1.31. The highest BCUT2D eigenvalue weighted by Crippen LogP contribution is 2.42. The predicted molar refractivity (Wildman–Crippen MR) is 96.0 cm³/mol. The van der Waals surface area contributed by atoms with Crippen LogP contribution in [0.25, 0.3) is 0 Å². The smallest absolute Gasteiger partial charge is 0.229 e. The summed E-state index contributed by atoms with van der Waals surface area (Å²) in [6, 6.07) is 0. The van der Waals surface area contributed by atoms with E-state index in [2.05, 4.69) is 15.5 Å². The Morgan fingerprint density at radius 2 is 1.88 bits per heavy atom. The Bertz CT molecular complexity index is 514. The molecule has 0 aromatic rings. The van der Waals surface area contributed by atoms with Gasteiger partial charge in [0.2, 0.25) is 11.8 Å². The lowest BCUT2D eigenvalue weighted by atomic mass is 9.80. The molecule has 0 aromatic carbocycles. The highest BCUT2D eigenvalue weighted by molar-refractivity contribution is 5.87. The van der Waals surface area contributed by atoms with Gasteiger partial charge < -0.3 is 20.4 Å². The third-order valence-corrected chi connectivity index (χ3v) is 6.63. The molecule has 140 valence electrons. The highest BCUT2D eigenvalue weighted by Gasteiger charge is 2.56. The number of carbonyl (C=O) groups excluding carboxylic acids is 2. The average Bonchev–Trinajstić information content (AvgIpc) is 3.33. The summed E-state index contributed by atoms with van der Waals surface area (Å²) >= 11 is 0. The lowest BCUT2D eigenvalue weighted by Gasteiger charge is -2.28. The molecule has 4 aliphatic rings. The number of nitrogens with zero attached hydrogens (tertiary/aromatic N) is 2. The standard InChI is InChI=1S/C19H32N4O2/c24-17(15-5-6-15)23-12-16-11-20-13-19(16,14-23)18(25)21-7-10-22-8-3-1-2-4-9-22/h15-16,20H,1-14H2,(H,21,25)/t16-,19-/m1/s1. The Hall–Kier alpha value is -1.14. The van der Waals surface area contributed by atoms with Gasteiger partial charge in [-0.05, 0) is 38.8 Å². The zero-order valence-corrected chi connectivity index (χ0v) is 15.3. The number of amides is 2. The number of hydrogen-bond donors (Lipinski definition) is 2. The third-order valence-electron chi connectivity index (χ3n) is 6.63. The average molecular weight is 348 g/mol. The largest absolute Gasteiger partial charge is 0.354 e. The first-order chi connectivity index (χ1) is 12.2. The summed E-state index contributed by atoms with van der Waals surface area (Å²) < 4.78 is 0. The number of carbonyl (C=O) groups is 2. The molecule has 0 spiro atoms. The van der Waals surface area contributed by atoms with Gasteiger partial charge in [-0.25, -0.2) is 0 Å². The van der Waals surface area contributed by atoms with Crippen molar-refractivity contribution in [3.8, 4) is 0 Å². The van der Waals surface area contributed by atoms with Gasteiger partial charge >= 0.3 is 0 Å². The van der Waals surface area contributed by atoms with Gasteiger partial charge in [-0.2, -0.15) is 0 Å². The minimum Gasteiger partial charge on any atom is -0.354 e. The van der Waals surface area contributed by atoms with E-state index in [1.54, 1.807) is 0 Å². The normalized spacial score (nSPS) is 33.1. The molecule has 2 N–H and O–H groups in total. The lowest BCUT2D eigenvalue weighted by molar-refractivity contribution is -0.133. The fourth-order valence-electron chi connectivity index (χ4n) is 4.86. The van der Waals surface area contributed by atoms with E-state index in [9.17, 15) is 9.59 Å². The van der Waals surface area contributed by atoms with Crippen molar-refractivity contribution in [2.75, 3.05) is 52.4 Å². The van der Waals surface area contributed by atoms with Crippen LogP contribution >= 0.6 is 0 Å². The molecule has 6 heteroatoms. The van der Waals surface area contributed by atoms with Crippen molar-refractivity contribution in [1.29, 1.82) is 0 Å². The minimum absolute atomic E-state index is 0.156. The summed E-state index contributed by atoms with van der Waals surface area (Å²) in [7, 11) is 0. The molecule has 1 saturated carbocycles. The van der Waals surface area contributed by atoms with Crippen LogP contribution in [0, 0.1) is 17.3 Å². The SMILES string of the molecule is O=C(C1CC1)N1C[C@H]2CNC[C@@]2(C(=O)NCCN2CCCCCC2)C1. The van der Waals surface area contributed by atoms with Crippen LogP contribution < -0.4 is 10.6 Å².